The molecule has 3 aromatic carbocycles. The van der Waals surface area contributed by atoms with Crippen LogP contribution in [0.2, 0.25) is 5.02 Å². The van der Waals surface area contributed by atoms with Gasteiger partial charge in [-0.1, -0.05) is 23.7 Å². The molecular weight excluding hydrogens is 533 g/mol. The zero-order valence-electron chi connectivity index (χ0n) is 20.5. The number of hydrazine groups is 1. The minimum absolute atomic E-state index is 0.122. The number of para-hydroxylation sites is 2. The Morgan fingerprint density at radius 3 is 2.59 bits per heavy atom. The van der Waals surface area contributed by atoms with Gasteiger partial charge in [0, 0.05) is 41.9 Å². The molecule has 200 valence electrons. The molecule has 0 aliphatic carbocycles. The predicted molar refractivity (Wildman–Crippen MR) is 142 cm³/mol. The van der Waals surface area contributed by atoms with Crippen LogP contribution in [0.1, 0.15) is 10.4 Å². The summed E-state index contributed by atoms with van der Waals surface area (Å²) in [6.45, 7) is 2.61. The van der Waals surface area contributed by atoms with Gasteiger partial charge >= 0.3 is 0 Å². The zero-order chi connectivity index (χ0) is 27.1. The number of halogens is 4. The maximum atomic E-state index is 15.3. The fourth-order valence-corrected chi connectivity index (χ4v) is 5.19. The minimum atomic E-state index is -1.02. The first-order valence-electron chi connectivity index (χ1n) is 12.3. The molecule has 7 nitrogen and oxygen atoms in total. The molecule has 2 aliphatic rings. The van der Waals surface area contributed by atoms with E-state index in [1.54, 1.807) is 5.01 Å². The van der Waals surface area contributed by atoms with E-state index in [-0.39, 0.29) is 22.2 Å². The summed E-state index contributed by atoms with van der Waals surface area (Å²) in [5, 5.41) is 1.72. The molecule has 2 aliphatic heterocycles. The van der Waals surface area contributed by atoms with Crippen molar-refractivity contribution in [2.45, 2.75) is 0 Å². The average molecular weight is 555 g/mol. The summed E-state index contributed by atoms with van der Waals surface area (Å²) in [6.07, 6.45) is 1.35. The Morgan fingerprint density at radius 1 is 0.974 bits per heavy atom. The maximum Gasteiger partial charge on any atom is 0.273 e. The molecule has 1 fully saturated rings. The van der Waals surface area contributed by atoms with Crippen molar-refractivity contribution in [2.75, 3.05) is 49.4 Å². The van der Waals surface area contributed by atoms with Gasteiger partial charge in [-0.3, -0.25) is 20.2 Å². The van der Waals surface area contributed by atoms with Crippen molar-refractivity contribution >= 4 is 39.8 Å². The average Bonchev–Trinajstić information content (AvgIpc) is 2.95. The van der Waals surface area contributed by atoms with Gasteiger partial charge in [0.15, 0.2) is 0 Å². The van der Waals surface area contributed by atoms with Gasteiger partial charge in [0.05, 0.1) is 47.2 Å². The standard InChI is InChI=1S/C28H22ClF3N4O3/c29-25-18(13-16(30)14-21(25)32)24-20(31)6-5-17-26(24)33-15-19(27(17)35-7-10-38-11-8-35)28(37)34-36-9-12-39-23-4-2-1-3-22(23)36/h1-6,13-15H,7-12H2,(H,34,37). The molecule has 0 unspecified atom stereocenters. The SMILES string of the molecule is O=C(NN1CCOc2ccccc21)c1cnc2c(-c3cc(F)cc(F)c3Cl)c(F)ccc2c1N1CCOCC1. The summed E-state index contributed by atoms with van der Waals surface area (Å²) < 4.78 is 54.9. The Hall–Kier alpha value is -4.02. The van der Waals surface area contributed by atoms with Crippen LogP contribution in [0.4, 0.5) is 24.5 Å². The summed E-state index contributed by atoms with van der Waals surface area (Å²) in [4.78, 5) is 20.1. The molecule has 39 heavy (non-hydrogen) atoms. The molecular formula is C28H22ClF3N4O3. The molecule has 0 radical (unpaired) electrons. The quantitative estimate of drug-likeness (QED) is 0.343. The molecule has 0 atom stereocenters. The first-order chi connectivity index (χ1) is 18.9. The number of fused-ring (bicyclic) bond motifs is 2. The number of nitrogens with one attached hydrogen (secondary N) is 1. The number of amides is 1. The lowest BCUT2D eigenvalue weighted by Gasteiger charge is -2.33. The molecule has 1 aromatic heterocycles. The lowest BCUT2D eigenvalue weighted by molar-refractivity contribution is 0.0943. The summed E-state index contributed by atoms with van der Waals surface area (Å²) in [5.74, 6) is -2.45. The number of hydrogen-bond acceptors (Lipinski definition) is 6. The van der Waals surface area contributed by atoms with E-state index in [2.05, 4.69) is 10.4 Å². The van der Waals surface area contributed by atoms with E-state index in [1.807, 2.05) is 29.2 Å². The van der Waals surface area contributed by atoms with Crippen molar-refractivity contribution in [3.05, 3.63) is 82.8 Å². The number of aromatic nitrogens is 1. The second-order valence-electron chi connectivity index (χ2n) is 9.10. The van der Waals surface area contributed by atoms with E-state index >= 15 is 4.39 Å². The zero-order valence-corrected chi connectivity index (χ0v) is 21.3. The predicted octanol–water partition coefficient (Wildman–Crippen LogP) is 5.35. The first-order valence-corrected chi connectivity index (χ1v) is 12.7. The van der Waals surface area contributed by atoms with Crippen molar-refractivity contribution in [1.29, 1.82) is 0 Å². The monoisotopic (exact) mass is 554 g/mol. The molecule has 6 rings (SSSR count). The second kappa shape index (κ2) is 10.3. The summed E-state index contributed by atoms with van der Waals surface area (Å²) >= 11 is 6.15. The van der Waals surface area contributed by atoms with E-state index in [9.17, 15) is 13.6 Å². The number of hydrogen-bond donors (Lipinski definition) is 1. The van der Waals surface area contributed by atoms with E-state index in [0.717, 1.165) is 6.07 Å². The smallest absolute Gasteiger partial charge is 0.273 e. The van der Waals surface area contributed by atoms with Crippen LogP contribution < -0.4 is 20.1 Å². The maximum absolute atomic E-state index is 15.3. The Balaban J connectivity index is 1.50. The number of nitrogens with zero attached hydrogens (tertiary/aromatic N) is 3. The number of rotatable bonds is 4. The first kappa shape index (κ1) is 25.3. The summed E-state index contributed by atoms with van der Waals surface area (Å²) in [5.41, 5.74) is 4.22. The Bertz CT molecular complexity index is 1600. The van der Waals surface area contributed by atoms with Crippen LogP contribution in [-0.4, -0.2) is 50.3 Å². The van der Waals surface area contributed by atoms with E-state index in [4.69, 9.17) is 21.1 Å². The van der Waals surface area contributed by atoms with Gasteiger partial charge < -0.3 is 14.4 Å². The number of benzene rings is 3. The van der Waals surface area contributed by atoms with Crippen molar-refractivity contribution in [3.63, 3.8) is 0 Å². The Kier molecular flexibility index (Phi) is 6.66. The van der Waals surface area contributed by atoms with E-state index in [1.165, 1.54) is 18.3 Å². The molecule has 1 N–H and O–H groups in total. The third-order valence-corrected chi connectivity index (χ3v) is 7.14. The number of carbonyl (C=O) groups is 1. The van der Waals surface area contributed by atoms with Crippen molar-refractivity contribution < 1.29 is 27.4 Å². The highest BCUT2D eigenvalue weighted by atomic mass is 35.5. The summed E-state index contributed by atoms with van der Waals surface area (Å²) in [6, 6.07) is 11.7. The molecule has 1 amide bonds. The molecule has 11 heteroatoms. The number of carbonyl (C=O) groups excluding carboxylic acids is 1. The van der Waals surface area contributed by atoms with E-state index < -0.39 is 28.4 Å². The van der Waals surface area contributed by atoms with Crippen LogP contribution >= 0.6 is 11.6 Å². The third kappa shape index (κ3) is 4.59. The fourth-order valence-electron chi connectivity index (χ4n) is 4.98. The Labute approximate surface area is 226 Å². The largest absolute Gasteiger partial charge is 0.489 e. The second-order valence-corrected chi connectivity index (χ2v) is 9.47. The van der Waals surface area contributed by atoms with Gasteiger partial charge in [-0.2, -0.15) is 0 Å². The highest BCUT2D eigenvalue weighted by molar-refractivity contribution is 6.34. The van der Waals surface area contributed by atoms with Gasteiger partial charge in [0.2, 0.25) is 0 Å². The van der Waals surface area contributed by atoms with Gasteiger partial charge in [-0.25, -0.2) is 13.2 Å². The van der Waals surface area contributed by atoms with Gasteiger partial charge in [0.25, 0.3) is 5.91 Å². The van der Waals surface area contributed by atoms with Gasteiger partial charge in [-0.15, -0.1) is 0 Å². The highest BCUT2D eigenvalue weighted by Gasteiger charge is 2.28. The van der Waals surface area contributed by atoms with E-state index in [0.29, 0.717) is 68.0 Å². The number of anilines is 2. The lowest BCUT2D eigenvalue weighted by atomic mass is 9.98. The van der Waals surface area contributed by atoms with Crippen LogP contribution in [0.15, 0.2) is 54.7 Å². The van der Waals surface area contributed by atoms with Crippen molar-refractivity contribution in [3.8, 4) is 16.9 Å². The van der Waals surface area contributed by atoms with Crippen LogP contribution in [0.25, 0.3) is 22.0 Å². The van der Waals surface area contributed by atoms with Crippen LogP contribution in [0, 0.1) is 17.5 Å². The molecule has 4 aromatic rings. The summed E-state index contributed by atoms with van der Waals surface area (Å²) in [7, 11) is 0. The Morgan fingerprint density at radius 2 is 1.77 bits per heavy atom. The fraction of sp³-hybridized carbons (Fsp3) is 0.214. The van der Waals surface area contributed by atoms with Crippen LogP contribution in [-0.2, 0) is 4.74 Å². The molecule has 3 heterocycles. The van der Waals surface area contributed by atoms with Crippen molar-refractivity contribution in [2.24, 2.45) is 0 Å². The minimum Gasteiger partial charge on any atom is -0.489 e. The van der Waals surface area contributed by atoms with Crippen molar-refractivity contribution in [1.82, 2.24) is 10.4 Å². The van der Waals surface area contributed by atoms with Gasteiger partial charge in [0.1, 0.15) is 29.8 Å². The number of morpholine rings is 1. The normalized spacial score (nSPS) is 15.2. The molecule has 0 spiro atoms. The lowest BCUT2D eigenvalue weighted by Crippen LogP contribution is -2.47. The molecule has 0 bridgehead atoms. The number of pyridine rings is 1. The molecule has 1 saturated heterocycles. The third-order valence-electron chi connectivity index (χ3n) is 6.76. The number of ether oxygens (including phenoxy) is 2. The highest BCUT2D eigenvalue weighted by Crippen LogP contribution is 2.40. The van der Waals surface area contributed by atoms with Crippen LogP contribution in [0.5, 0.6) is 5.75 Å². The topological polar surface area (TPSA) is 66.9 Å². The van der Waals surface area contributed by atoms with Crippen LogP contribution in [0.3, 0.4) is 0 Å². The van der Waals surface area contributed by atoms with Gasteiger partial charge in [-0.05, 0) is 30.3 Å². The molecule has 0 saturated carbocycles.